The number of benzene rings is 3. The number of hydrogen-bond acceptors (Lipinski definition) is 2. The standard InChI is InChI=1S/C24H17FN2O2/c25-16-10-11-17-19(13-23(28)26-21(17)12-16)24(29)27-14-20(15-6-2-1-3-7-15)18-8-4-5-9-22(18)27/h1-13,20H,14H2,(H,26,28). The molecule has 1 aromatic heterocycles. The Morgan fingerprint density at radius 3 is 2.55 bits per heavy atom. The van der Waals surface area contributed by atoms with Crippen molar-refractivity contribution in [2.24, 2.45) is 0 Å². The molecule has 0 bridgehead atoms. The molecule has 0 saturated heterocycles. The molecule has 5 heteroatoms. The van der Waals surface area contributed by atoms with E-state index in [4.69, 9.17) is 0 Å². The van der Waals surface area contributed by atoms with Crippen LogP contribution in [-0.4, -0.2) is 17.4 Å². The molecule has 1 aliphatic heterocycles. The van der Waals surface area contributed by atoms with Crippen LogP contribution >= 0.6 is 0 Å². The number of aromatic amines is 1. The average molecular weight is 384 g/mol. The quantitative estimate of drug-likeness (QED) is 0.555. The van der Waals surface area contributed by atoms with E-state index >= 15 is 0 Å². The number of carbonyl (C=O) groups excluding carboxylic acids is 1. The zero-order valence-electron chi connectivity index (χ0n) is 15.4. The number of anilines is 1. The van der Waals surface area contributed by atoms with Crippen LogP contribution in [0, 0.1) is 5.82 Å². The number of nitrogens with zero attached hydrogens (tertiary/aromatic N) is 1. The fourth-order valence-electron chi connectivity index (χ4n) is 4.12. The fourth-order valence-corrected chi connectivity index (χ4v) is 4.12. The van der Waals surface area contributed by atoms with Gasteiger partial charge in [0.25, 0.3) is 5.91 Å². The highest BCUT2D eigenvalue weighted by Gasteiger charge is 2.34. The number of H-pyrrole nitrogens is 1. The van der Waals surface area contributed by atoms with E-state index in [9.17, 15) is 14.0 Å². The normalized spacial score (nSPS) is 15.5. The molecule has 0 spiro atoms. The summed E-state index contributed by atoms with van der Waals surface area (Å²) < 4.78 is 13.6. The van der Waals surface area contributed by atoms with Crippen molar-refractivity contribution in [1.82, 2.24) is 4.98 Å². The molecule has 4 nitrogen and oxygen atoms in total. The van der Waals surface area contributed by atoms with Crippen molar-refractivity contribution in [3.63, 3.8) is 0 Å². The molecule has 142 valence electrons. The van der Waals surface area contributed by atoms with Crippen LogP contribution in [0.4, 0.5) is 10.1 Å². The summed E-state index contributed by atoms with van der Waals surface area (Å²) in [5, 5.41) is 0.525. The zero-order chi connectivity index (χ0) is 20.0. The summed E-state index contributed by atoms with van der Waals surface area (Å²) >= 11 is 0. The van der Waals surface area contributed by atoms with E-state index in [1.54, 1.807) is 4.90 Å². The third-order valence-corrected chi connectivity index (χ3v) is 5.45. The lowest BCUT2D eigenvalue weighted by Gasteiger charge is -2.19. The number of hydrogen-bond donors (Lipinski definition) is 1. The molecule has 1 N–H and O–H groups in total. The third-order valence-electron chi connectivity index (χ3n) is 5.45. The summed E-state index contributed by atoms with van der Waals surface area (Å²) in [7, 11) is 0. The first-order valence-electron chi connectivity index (χ1n) is 9.40. The lowest BCUT2D eigenvalue weighted by atomic mass is 9.93. The van der Waals surface area contributed by atoms with Crippen LogP contribution < -0.4 is 10.5 Å². The maximum Gasteiger partial charge on any atom is 0.259 e. The van der Waals surface area contributed by atoms with Gasteiger partial charge in [0.1, 0.15) is 5.82 Å². The molecule has 0 saturated carbocycles. The average Bonchev–Trinajstić information content (AvgIpc) is 3.12. The highest BCUT2D eigenvalue weighted by atomic mass is 19.1. The molecule has 0 radical (unpaired) electrons. The van der Waals surface area contributed by atoms with Gasteiger partial charge in [-0.15, -0.1) is 0 Å². The van der Waals surface area contributed by atoms with Crippen LogP contribution in [0.2, 0.25) is 0 Å². The SMILES string of the molecule is O=C(c1cc(=O)[nH]c2cc(F)ccc12)N1CC(c2ccccc2)c2ccccc21. The summed E-state index contributed by atoms with van der Waals surface area (Å²) in [6, 6.07) is 23.2. The first kappa shape index (κ1) is 17.4. The Morgan fingerprint density at radius 1 is 0.966 bits per heavy atom. The van der Waals surface area contributed by atoms with E-state index in [0.717, 1.165) is 16.8 Å². The van der Waals surface area contributed by atoms with Gasteiger partial charge >= 0.3 is 0 Å². The van der Waals surface area contributed by atoms with Gasteiger partial charge < -0.3 is 9.88 Å². The predicted octanol–water partition coefficient (Wildman–Crippen LogP) is 4.46. The lowest BCUT2D eigenvalue weighted by Crippen LogP contribution is -2.31. The second-order valence-corrected chi connectivity index (χ2v) is 7.18. The molecule has 3 aromatic carbocycles. The highest BCUT2D eigenvalue weighted by molar-refractivity contribution is 6.14. The number of pyridine rings is 1. The Hall–Kier alpha value is -3.73. The largest absolute Gasteiger partial charge is 0.322 e. The minimum absolute atomic E-state index is 0.0575. The number of halogens is 1. The number of aromatic nitrogens is 1. The van der Waals surface area contributed by atoms with Crippen LogP contribution in [0.25, 0.3) is 10.9 Å². The van der Waals surface area contributed by atoms with E-state index in [0.29, 0.717) is 17.4 Å². The summed E-state index contributed by atoms with van der Waals surface area (Å²) in [5.41, 5.74) is 3.20. The fraction of sp³-hybridized carbons (Fsp3) is 0.0833. The van der Waals surface area contributed by atoms with Gasteiger partial charge in [0.15, 0.2) is 0 Å². The van der Waals surface area contributed by atoms with Crippen molar-refractivity contribution in [2.45, 2.75) is 5.92 Å². The van der Waals surface area contributed by atoms with E-state index < -0.39 is 11.4 Å². The molecule has 4 aromatic rings. The summed E-state index contributed by atoms with van der Waals surface area (Å²) in [5.74, 6) is -0.672. The van der Waals surface area contributed by atoms with Crippen molar-refractivity contribution in [3.05, 3.63) is 112 Å². The van der Waals surface area contributed by atoms with Crippen LogP contribution in [0.5, 0.6) is 0 Å². The predicted molar refractivity (Wildman–Crippen MR) is 111 cm³/mol. The lowest BCUT2D eigenvalue weighted by molar-refractivity contribution is 0.0990. The second-order valence-electron chi connectivity index (χ2n) is 7.18. The molecule has 2 heterocycles. The van der Waals surface area contributed by atoms with Crippen molar-refractivity contribution < 1.29 is 9.18 Å². The number of fused-ring (bicyclic) bond motifs is 2. The van der Waals surface area contributed by atoms with Crippen LogP contribution in [0.3, 0.4) is 0 Å². The Balaban J connectivity index is 1.63. The van der Waals surface area contributed by atoms with E-state index in [1.807, 2.05) is 42.5 Å². The molecular weight excluding hydrogens is 367 g/mol. The summed E-state index contributed by atoms with van der Waals surface area (Å²) in [6.45, 7) is 0.484. The van der Waals surface area contributed by atoms with E-state index in [1.165, 1.54) is 24.3 Å². The maximum atomic E-state index is 13.6. The number of rotatable bonds is 2. The number of nitrogens with one attached hydrogen (secondary N) is 1. The molecular formula is C24H17FN2O2. The summed E-state index contributed by atoms with van der Waals surface area (Å²) in [6.07, 6.45) is 0. The molecule has 1 atom stereocenters. The first-order valence-corrected chi connectivity index (χ1v) is 9.40. The van der Waals surface area contributed by atoms with Crippen molar-refractivity contribution in [3.8, 4) is 0 Å². The molecule has 0 fully saturated rings. The van der Waals surface area contributed by atoms with Gasteiger partial charge in [-0.3, -0.25) is 9.59 Å². The monoisotopic (exact) mass is 384 g/mol. The van der Waals surface area contributed by atoms with E-state index in [2.05, 4.69) is 17.1 Å². The van der Waals surface area contributed by atoms with Gasteiger partial charge in [0.2, 0.25) is 5.56 Å². The maximum absolute atomic E-state index is 13.6. The Morgan fingerprint density at radius 2 is 1.72 bits per heavy atom. The van der Waals surface area contributed by atoms with Crippen molar-refractivity contribution in [1.29, 1.82) is 0 Å². The summed E-state index contributed by atoms with van der Waals surface area (Å²) in [4.78, 5) is 30.0. The zero-order valence-corrected chi connectivity index (χ0v) is 15.4. The van der Waals surface area contributed by atoms with Gasteiger partial charge in [0.05, 0.1) is 11.1 Å². The number of carbonyl (C=O) groups is 1. The van der Waals surface area contributed by atoms with Gasteiger partial charge in [-0.2, -0.15) is 0 Å². The molecule has 5 rings (SSSR count). The Bertz CT molecular complexity index is 1300. The second kappa shape index (κ2) is 6.71. The van der Waals surface area contributed by atoms with Crippen LogP contribution in [0.1, 0.15) is 27.4 Å². The van der Waals surface area contributed by atoms with Crippen LogP contribution in [-0.2, 0) is 0 Å². The van der Waals surface area contributed by atoms with Crippen molar-refractivity contribution >= 4 is 22.5 Å². The van der Waals surface area contributed by atoms with Gasteiger partial charge in [-0.1, -0.05) is 48.5 Å². The molecule has 1 unspecified atom stereocenters. The van der Waals surface area contributed by atoms with Gasteiger partial charge in [-0.05, 0) is 35.4 Å². The van der Waals surface area contributed by atoms with Crippen molar-refractivity contribution in [2.75, 3.05) is 11.4 Å². The topological polar surface area (TPSA) is 53.2 Å². The molecule has 29 heavy (non-hydrogen) atoms. The Labute approximate surface area is 166 Å². The smallest absolute Gasteiger partial charge is 0.259 e. The Kier molecular flexibility index (Phi) is 4.02. The van der Waals surface area contributed by atoms with Gasteiger partial charge in [0, 0.05) is 29.6 Å². The molecule has 1 aliphatic rings. The highest BCUT2D eigenvalue weighted by Crippen LogP contribution is 2.40. The number of para-hydroxylation sites is 1. The number of amides is 1. The minimum atomic E-state index is -0.464. The molecule has 1 amide bonds. The van der Waals surface area contributed by atoms with Crippen LogP contribution in [0.15, 0.2) is 83.7 Å². The first-order chi connectivity index (χ1) is 14.1. The third kappa shape index (κ3) is 2.91. The minimum Gasteiger partial charge on any atom is -0.322 e. The van der Waals surface area contributed by atoms with Gasteiger partial charge in [-0.25, -0.2) is 4.39 Å². The van der Waals surface area contributed by atoms with E-state index in [-0.39, 0.29) is 17.4 Å². The molecule has 0 aliphatic carbocycles.